The Labute approximate surface area is 137 Å². The van der Waals surface area contributed by atoms with Crippen LogP contribution in [0.4, 0.5) is 17.1 Å². The van der Waals surface area contributed by atoms with Crippen molar-refractivity contribution in [2.24, 2.45) is 0 Å². The molecule has 1 amide bonds. The Kier molecular flexibility index (Phi) is 4.29. The first-order chi connectivity index (χ1) is 11.6. The maximum absolute atomic E-state index is 12.1. The van der Waals surface area contributed by atoms with Crippen LogP contribution in [0.3, 0.4) is 0 Å². The Morgan fingerprint density at radius 3 is 2.17 bits per heavy atom. The van der Waals surface area contributed by atoms with Gasteiger partial charge >= 0.3 is 5.97 Å². The van der Waals surface area contributed by atoms with Gasteiger partial charge < -0.3 is 20.2 Å². The van der Waals surface area contributed by atoms with Crippen molar-refractivity contribution >= 4 is 28.9 Å². The molecule has 3 rings (SSSR count). The van der Waals surface area contributed by atoms with Gasteiger partial charge in [-0.15, -0.1) is 0 Å². The fourth-order valence-electron chi connectivity index (χ4n) is 2.13. The topological polar surface area (TPSA) is 91.6 Å². The van der Waals surface area contributed by atoms with E-state index in [9.17, 15) is 9.59 Å². The van der Waals surface area contributed by atoms with Crippen molar-refractivity contribution in [2.75, 3.05) is 10.6 Å². The zero-order chi connectivity index (χ0) is 16.9. The molecule has 6 nitrogen and oxygen atoms in total. The number of aromatic carboxylic acids is 1. The lowest BCUT2D eigenvalue weighted by Crippen LogP contribution is -2.11. The van der Waals surface area contributed by atoms with Crippen LogP contribution in [0.2, 0.25) is 0 Å². The van der Waals surface area contributed by atoms with Gasteiger partial charge in [0.25, 0.3) is 5.91 Å². The van der Waals surface area contributed by atoms with E-state index >= 15 is 0 Å². The quantitative estimate of drug-likeness (QED) is 0.661. The molecule has 0 aliphatic carbocycles. The predicted octanol–water partition coefficient (Wildman–Crippen LogP) is 3.97. The van der Waals surface area contributed by atoms with E-state index in [2.05, 4.69) is 10.6 Å². The lowest BCUT2D eigenvalue weighted by atomic mass is 10.2. The van der Waals surface area contributed by atoms with E-state index in [1.165, 1.54) is 12.1 Å². The molecule has 24 heavy (non-hydrogen) atoms. The van der Waals surface area contributed by atoms with Crippen molar-refractivity contribution in [2.45, 2.75) is 0 Å². The highest BCUT2D eigenvalue weighted by Crippen LogP contribution is 2.20. The van der Waals surface area contributed by atoms with E-state index in [0.717, 1.165) is 11.4 Å². The van der Waals surface area contributed by atoms with Gasteiger partial charge in [-0.05, 0) is 42.5 Å². The normalized spacial score (nSPS) is 10.2. The van der Waals surface area contributed by atoms with Crippen LogP contribution in [-0.4, -0.2) is 17.0 Å². The van der Waals surface area contributed by atoms with Gasteiger partial charge in [0.1, 0.15) is 0 Å². The maximum atomic E-state index is 12.1. The smallest absolute Gasteiger partial charge is 0.371 e. The highest BCUT2D eigenvalue weighted by Gasteiger charge is 2.15. The van der Waals surface area contributed by atoms with Gasteiger partial charge in [0.2, 0.25) is 5.76 Å². The number of hydrogen-bond acceptors (Lipinski definition) is 4. The minimum absolute atomic E-state index is 0.0613. The molecule has 1 aromatic heterocycles. The number of carbonyl (C=O) groups excluding carboxylic acids is 1. The third-order valence-corrected chi connectivity index (χ3v) is 3.22. The minimum atomic E-state index is -1.22. The number of benzene rings is 2. The summed E-state index contributed by atoms with van der Waals surface area (Å²) >= 11 is 0. The molecule has 0 atom stereocenters. The van der Waals surface area contributed by atoms with E-state index in [0.29, 0.717) is 5.69 Å². The van der Waals surface area contributed by atoms with E-state index < -0.39 is 11.9 Å². The number of carbonyl (C=O) groups is 2. The summed E-state index contributed by atoms with van der Waals surface area (Å²) in [5.41, 5.74) is 2.30. The number of furan rings is 1. The Balaban J connectivity index is 1.71. The van der Waals surface area contributed by atoms with Gasteiger partial charge in [-0.2, -0.15) is 0 Å². The highest BCUT2D eigenvalue weighted by atomic mass is 16.4. The molecule has 0 spiro atoms. The number of nitrogens with one attached hydrogen (secondary N) is 2. The molecule has 3 aromatic rings. The molecule has 0 fully saturated rings. The molecular weight excluding hydrogens is 308 g/mol. The van der Waals surface area contributed by atoms with Crippen LogP contribution >= 0.6 is 0 Å². The Bertz CT molecular complexity index is 871. The average molecular weight is 322 g/mol. The summed E-state index contributed by atoms with van der Waals surface area (Å²) in [4.78, 5) is 22.9. The van der Waals surface area contributed by atoms with Crippen LogP contribution in [0.1, 0.15) is 21.1 Å². The van der Waals surface area contributed by atoms with E-state index in [4.69, 9.17) is 9.52 Å². The number of amides is 1. The van der Waals surface area contributed by atoms with Crippen LogP contribution in [0, 0.1) is 0 Å². The molecule has 2 aromatic carbocycles. The average Bonchev–Trinajstić information content (AvgIpc) is 3.06. The van der Waals surface area contributed by atoms with Crippen molar-refractivity contribution in [3.63, 3.8) is 0 Å². The van der Waals surface area contributed by atoms with Gasteiger partial charge in [0.05, 0.1) is 0 Å². The zero-order valence-corrected chi connectivity index (χ0v) is 12.5. The second-order valence-electron chi connectivity index (χ2n) is 5.00. The first-order valence-corrected chi connectivity index (χ1v) is 7.18. The van der Waals surface area contributed by atoms with Gasteiger partial charge in [-0.3, -0.25) is 4.79 Å². The van der Waals surface area contributed by atoms with Crippen LogP contribution in [0.15, 0.2) is 71.1 Å². The SMILES string of the molecule is O=C(O)c1ccc(C(=O)Nc2cccc(Nc3ccccc3)c2)o1. The molecule has 0 bridgehead atoms. The molecule has 1 heterocycles. The number of anilines is 3. The van der Waals surface area contributed by atoms with Crippen LogP contribution in [0.5, 0.6) is 0 Å². The molecule has 0 saturated heterocycles. The van der Waals surface area contributed by atoms with Gasteiger partial charge in [0.15, 0.2) is 5.76 Å². The second-order valence-corrected chi connectivity index (χ2v) is 5.00. The molecular formula is C18H14N2O4. The van der Waals surface area contributed by atoms with Crippen molar-refractivity contribution in [3.05, 3.63) is 78.3 Å². The number of para-hydroxylation sites is 1. The van der Waals surface area contributed by atoms with Gasteiger partial charge in [0, 0.05) is 17.1 Å². The fraction of sp³-hybridized carbons (Fsp3) is 0. The molecule has 0 aliphatic rings. The molecule has 120 valence electrons. The summed E-state index contributed by atoms with van der Waals surface area (Å²) in [7, 11) is 0. The second kappa shape index (κ2) is 6.70. The molecule has 0 unspecified atom stereocenters. The molecule has 6 heteroatoms. The van der Waals surface area contributed by atoms with Crippen LogP contribution < -0.4 is 10.6 Å². The first kappa shape index (κ1) is 15.4. The van der Waals surface area contributed by atoms with Gasteiger partial charge in [-0.25, -0.2) is 4.79 Å². The summed E-state index contributed by atoms with van der Waals surface area (Å²) in [6.45, 7) is 0. The summed E-state index contributed by atoms with van der Waals surface area (Å²) in [5, 5.41) is 14.7. The maximum Gasteiger partial charge on any atom is 0.371 e. The van der Waals surface area contributed by atoms with Crippen molar-refractivity contribution in [1.29, 1.82) is 0 Å². The van der Waals surface area contributed by atoms with E-state index in [1.807, 2.05) is 36.4 Å². The Morgan fingerprint density at radius 2 is 1.46 bits per heavy atom. The summed E-state index contributed by atoms with van der Waals surface area (Å²) in [6.07, 6.45) is 0. The van der Waals surface area contributed by atoms with Crippen molar-refractivity contribution in [3.8, 4) is 0 Å². The highest BCUT2D eigenvalue weighted by molar-refractivity contribution is 6.03. The summed E-state index contributed by atoms with van der Waals surface area (Å²) < 4.78 is 4.98. The summed E-state index contributed by atoms with van der Waals surface area (Å²) in [6, 6.07) is 19.4. The lowest BCUT2D eigenvalue weighted by molar-refractivity contribution is 0.0660. The number of rotatable bonds is 5. The Morgan fingerprint density at radius 1 is 0.792 bits per heavy atom. The summed E-state index contributed by atoms with van der Waals surface area (Å²) in [5.74, 6) is -2.07. The van der Waals surface area contributed by atoms with Crippen molar-refractivity contribution in [1.82, 2.24) is 0 Å². The van der Waals surface area contributed by atoms with Gasteiger partial charge in [-0.1, -0.05) is 24.3 Å². The van der Waals surface area contributed by atoms with Crippen LogP contribution in [-0.2, 0) is 0 Å². The molecule has 0 saturated carbocycles. The number of carboxylic acids is 1. The third kappa shape index (κ3) is 3.61. The first-order valence-electron chi connectivity index (χ1n) is 7.18. The number of carboxylic acid groups (broad SMARTS) is 1. The fourth-order valence-corrected chi connectivity index (χ4v) is 2.13. The molecule has 3 N–H and O–H groups in total. The standard InChI is InChI=1S/C18H14N2O4/c21-17(15-9-10-16(24-15)18(22)23)20-14-8-4-7-13(11-14)19-12-5-2-1-3-6-12/h1-11,19H,(H,20,21)(H,22,23). The van der Waals surface area contributed by atoms with E-state index in [-0.39, 0.29) is 11.5 Å². The van der Waals surface area contributed by atoms with Crippen molar-refractivity contribution < 1.29 is 19.1 Å². The van der Waals surface area contributed by atoms with E-state index in [1.54, 1.807) is 18.2 Å². The monoisotopic (exact) mass is 322 g/mol. The lowest BCUT2D eigenvalue weighted by Gasteiger charge is -2.09. The minimum Gasteiger partial charge on any atom is -0.475 e. The molecule has 0 radical (unpaired) electrons. The Hall–Kier alpha value is -3.54. The molecule has 0 aliphatic heterocycles. The number of hydrogen-bond donors (Lipinski definition) is 3. The van der Waals surface area contributed by atoms with Crippen LogP contribution in [0.25, 0.3) is 0 Å². The zero-order valence-electron chi connectivity index (χ0n) is 12.5. The largest absolute Gasteiger partial charge is 0.475 e. The predicted molar refractivity (Wildman–Crippen MR) is 89.8 cm³/mol. The third-order valence-electron chi connectivity index (χ3n) is 3.22.